The molecule has 6 unspecified atom stereocenters. The van der Waals surface area contributed by atoms with E-state index in [1.54, 1.807) is 36.4 Å². The van der Waals surface area contributed by atoms with Gasteiger partial charge in [0, 0.05) is 22.7 Å². The number of amides is 1. The summed E-state index contributed by atoms with van der Waals surface area (Å²) in [5.74, 6) is 1.23. The fraction of sp³-hybridized carbons (Fsp3) is 0.478. The van der Waals surface area contributed by atoms with E-state index in [0.29, 0.717) is 38.3 Å². The fourth-order valence-electron chi connectivity index (χ4n) is 5.89. The predicted molar refractivity (Wildman–Crippen MR) is 115 cm³/mol. The normalized spacial score (nSPS) is 33.1. The van der Waals surface area contributed by atoms with Gasteiger partial charge in [0.05, 0.1) is 10.6 Å². The molecule has 4 bridgehead atoms. The maximum Gasteiger partial charge on any atom is 0.251 e. The lowest BCUT2D eigenvalue weighted by atomic mass is 9.64. The van der Waals surface area contributed by atoms with Gasteiger partial charge in [0.2, 0.25) is 0 Å². The Balaban J connectivity index is 1.34. The number of halogens is 1. The van der Waals surface area contributed by atoms with E-state index in [9.17, 15) is 14.1 Å². The summed E-state index contributed by atoms with van der Waals surface area (Å²) in [5, 5.41) is 15.1. The summed E-state index contributed by atoms with van der Waals surface area (Å²) in [6.07, 6.45) is 7.19. The molecule has 4 saturated carbocycles. The smallest absolute Gasteiger partial charge is 0.251 e. The van der Waals surface area contributed by atoms with Crippen LogP contribution in [-0.4, -0.2) is 31.8 Å². The van der Waals surface area contributed by atoms with Crippen LogP contribution in [-0.2, 0) is 10.8 Å². The topological polar surface area (TPSA) is 79.3 Å². The van der Waals surface area contributed by atoms with Crippen molar-refractivity contribution in [3.8, 4) is 0 Å². The minimum atomic E-state index is -1.48. The molecule has 4 aliphatic carbocycles. The summed E-state index contributed by atoms with van der Waals surface area (Å²) < 4.78 is 12.8. The maximum absolute atomic E-state index is 13.1. The van der Waals surface area contributed by atoms with Crippen molar-refractivity contribution in [2.45, 2.75) is 60.1 Å². The second kappa shape index (κ2) is 7.74. The molecule has 5 nitrogen and oxygen atoms in total. The number of rotatable bonds is 4. The third kappa shape index (κ3) is 3.81. The van der Waals surface area contributed by atoms with E-state index in [1.165, 1.54) is 6.20 Å². The molecule has 158 valence electrons. The van der Waals surface area contributed by atoms with Crippen molar-refractivity contribution in [1.82, 2.24) is 10.3 Å². The number of nitrogens with zero attached hydrogens (tertiary/aromatic N) is 1. The molecule has 7 heteroatoms. The molecule has 6 rings (SSSR count). The van der Waals surface area contributed by atoms with E-state index in [2.05, 4.69) is 10.3 Å². The lowest BCUT2D eigenvalue weighted by Gasteiger charge is -2.47. The Morgan fingerprint density at radius 2 is 2.03 bits per heavy atom. The van der Waals surface area contributed by atoms with Gasteiger partial charge in [-0.15, -0.1) is 0 Å². The van der Waals surface area contributed by atoms with Gasteiger partial charge in [-0.3, -0.25) is 4.79 Å². The Labute approximate surface area is 183 Å². The number of hydrogen-bond acceptors (Lipinski definition) is 4. The summed E-state index contributed by atoms with van der Waals surface area (Å²) >= 11 is 5.86. The average molecular weight is 445 g/mol. The molecule has 1 aromatic heterocycles. The van der Waals surface area contributed by atoms with E-state index in [1.807, 2.05) is 0 Å². The molecule has 4 aliphatic rings. The molecular formula is C23H25ClN2O3S. The SMILES string of the molecule is O=C(NC1C2CCC3(O)CC(C2)CC1C3)c1cccc(S(=O)c2ccc(Cl)cn2)c1. The lowest BCUT2D eigenvalue weighted by Crippen LogP contribution is -2.52. The van der Waals surface area contributed by atoms with Gasteiger partial charge in [-0.05, 0) is 86.6 Å². The van der Waals surface area contributed by atoms with E-state index in [-0.39, 0.29) is 11.9 Å². The zero-order valence-electron chi connectivity index (χ0n) is 16.6. The van der Waals surface area contributed by atoms with E-state index in [4.69, 9.17) is 11.6 Å². The van der Waals surface area contributed by atoms with Gasteiger partial charge >= 0.3 is 0 Å². The van der Waals surface area contributed by atoms with Gasteiger partial charge < -0.3 is 10.4 Å². The summed E-state index contributed by atoms with van der Waals surface area (Å²) in [5.41, 5.74) is -0.0366. The van der Waals surface area contributed by atoms with Gasteiger partial charge in [-0.25, -0.2) is 9.19 Å². The summed E-state index contributed by atoms with van der Waals surface area (Å²) in [7, 11) is -1.48. The molecular weight excluding hydrogens is 420 g/mol. The van der Waals surface area contributed by atoms with Crippen LogP contribution in [0.2, 0.25) is 5.02 Å². The van der Waals surface area contributed by atoms with E-state index in [0.717, 1.165) is 38.5 Å². The van der Waals surface area contributed by atoms with Crippen molar-refractivity contribution < 1.29 is 14.1 Å². The first-order chi connectivity index (χ1) is 14.4. The third-order valence-corrected chi connectivity index (χ3v) is 8.60. The number of fused-ring (bicyclic) bond motifs is 1. The molecule has 2 aromatic rings. The number of benzene rings is 1. The standard InChI is InChI=1S/C23H25ClN2O3S/c24-18-4-5-20(25-13-18)30(29)19-3-1-2-16(10-19)22(27)26-21-15-6-7-23(28)11-14(8-15)9-17(21)12-23/h1-5,10,13-15,17,21,28H,6-9,11-12H2,(H,26,27). The van der Waals surface area contributed by atoms with Crippen LogP contribution in [0, 0.1) is 17.8 Å². The van der Waals surface area contributed by atoms with Gasteiger partial charge in [0.15, 0.2) is 0 Å². The van der Waals surface area contributed by atoms with Gasteiger partial charge in [-0.2, -0.15) is 0 Å². The highest BCUT2D eigenvalue weighted by Gasteiger charge is 2.51. The molecule has 0 aliphatic heterocycles. The highest BCUT2D eigenvalue weighted by atomic mass is 35.5. The third-order valence-electron chi connectivity index (χ3n) is 7.08. The van der Waals surface area contributed by atoms with Crippen LogP contribution >= 0.6 is 11.6 Å². The molecule has 1 amide bonds. The van der Waals surface area contributed by atoms with Crippen LogP contribution in [0.4, 0.5) is 0 Å². The molecule has 30 heavy (non-hydrogen) atoms. The number of carbonyl (C=O) groups is 1. The monoisotopic (exact) mass is 444 g/mol. The van der Waals surface area contributed by atoms with Crippen LogP contribution in [0.3, 0.4) is 0 Å². The maximum atomic E-state index is 13.1. The number of pyridine rings is 1. The largest absolute Gasteiger partial charge is 0.390 e. The molecule has 1 aromatic carbocycles. The van der Waals surface area contributed by atoms with Crippen LogP contribution in [0.15, 0.2) is 52.5 Å². The van der Waals surface area contributed by atoms with Crippen LogP contribution < -0.4 is 5.32 Å². The second-order valence-electron chi connectivity index (χ2n) is 9.14. The van der Waals surface area contributed by atoms with Crippen LogP contribution in [0.5, 0.6) is 0 Å². The lowest BCUT2D eigenvalue weighted by molar-refractivity contribution is -0.0484. The van der Waals surface area contributed by atoms with E-state index < -0.39 is 16.4 Å². The molecule has 2 N–H and O–H groups in total. The van der Waals surface area contributed by atoms with Crippen molar-refractivity contribution in [3.63, 3.8) is 0 Å². The minimum Gasteiger partial charge on any atom is -0.390 e. The van der Waals surface area contributed by atoms with E-state index >= 15 is 0 Å². The molecule has 4 fully saturated rings. The minimum absolute atomic E-state index is 0.107. The van der Waals surface area contributed by atoms with Crippen molar-refractivity contribution in [2.75, 3.05) is 0 Å². The first-order valence-electron chi connectivity index (χ1n) is 10.6. The summed E-state index contributed by atoms with van der Waals surface area (Å²) in [4.78, 5) is 17.7. The Bertz CT molecular complexity index is 998. The molecule has 0 radical (unpaired) electrons. The van der Waals surface area contributed by atoms with Gasteiger partial charge in [0.25, 0.3) is 5.91 Å². The first kappa shape index (κ1) is 20.2. The predicted octanol–water partition coefficient (Wildman–Crippen LogP) is 3.96. The Hall–Kier alpha value is -1.76. The van der Waals surface area contributed by atoms with Crippen LogP contribution in [0.25, 0.3) is 0 Å². The fourth-order valence-corrected chi connectivity index (χ4v) is 7.02. The van der Waals surface area contributed by atoms with Gasteiger partial charge in [-0.1, -0.05) is 17.7 Å². The average Bonchev–Trinajstić information content (AvgIpc) is 2.91. The molecule has 0 spiro atoms. The summed E-state index contributed by atoms with van der Waals surface area (Å²) in [6.45, 7) is 0. The molecule has 6 atom stereocenters. The second-order valence-corrected chi connectivity index (χ2v) is 11.0. The number of aromatic nitrogens is 1. The molecule has 1 heterocycles. The van der Waals surface area contributed by atoms with Crippen molar-refractivity contribution in [3.05, 3.63) is 53.2 Å². The first-order valence-corrected chi connectivity index (χ1v) is 12.1. The van der Waals surface area contributed by atoms with Crippen molar-refractivity contribution >= 4 is 28.3 Å². The Kier molecular flexibility index (Phi) is 5.20. The quantitative estimate of drug-likeness (QED) is 0.748. The summed E-state index contributed by atoms with van der Waals surface area (Å²) in [6, 6.07) is 10.3. The number of hydrogen-bond donors (Lipinski definition) is 2. The van der Waals surface area contributed by atoms with Gasteiger partial charge in [0.1, 0.15) is 15.8 Å². The van der Waals surface area contributed by atoms with Crippen molar-refractivity contribution in [2.24, 2.45) is 17.8 Å². The van der Waals surface area contributed by atoms with Crippen molar-refractivity contribution in [1.29, 1.82) is 0 Å². The number of carbonyl (C=O) groups excluding carboxylic acids is 1. The zero-order valence-corrected chi connectivity index (χ0v) is 18.2. The Morgan fingerprint density at radius 1 is 1.20 bits per heavy atom. The number of nitrogens with one attached hydrogen (secondary N) is 1. The molecule has 0 saturated heterocycles. The Morgan fingerprint density at radius 3 is 2.83 bits per heavy atom. The zero-order chi connectivity index (χ0) is 20.9. The highest BCUT2D eigenvalue weighted by Crippen LogP contribution is 2.53. The highest BCUT2D eigenvalue weighted by molar-refractivity contribution is 7.85. The van der Waals surface area contributed by atoms with Crippen LogP contribution in [0.1, 0.15) is 48.9 Å². The number of aliphatic hydroxyl groups is 1.